The number of sulfonamides is 1. The number of esters is 1. The number of hydrogen-bond donors (Lipinski definition) is 0. The Balaban J connectivity index is 1.68. The van der Waals surface area contributed by atoms with Crippen LogP contribution in [0, 0.1) is 6.92 Å². The Bertz CT molecular complexity index is 971. The number of aryl methyl sites for hydroxylation is 1. The summed E-state index contributed by atoms with van der Waals surface area (Å²) in [5, 5.41) is 0.422. The van der Waals surface area contributed by atoms with Gasteiger partial charge in [0.25, 0.3) is 0 Å². The van der Waals surface area contributed by atoms with Crippen molar-refractivity contribution in [2.45, 2.75) is 30.7 Å². The zero-order chi connectivity index (χ0) is 20.3. The van der Waals surface area contributed by atoms with Crippen molar-refractivity contribution < 1.29 is 22.7 Å². The average Bonchev–Trinajstić information content (AvgIpc) is 3.17. The fraction of sp³-hybridized carbons (Fsp3) is 0.300. The number of ether oxygens (including phenoxy) is 1. The van der Waals surface area contributed by atoms with Gasteiger partial charge in [-0.2, -0.15) is 4.31 Å². The number of halogens is 1. The van der Waals surface area contributed by atoms with Gasteiger partial charge in [-0.05, 0) is 44.0 Å². The van der Waals surface area contributed by atoms with Gasteiger partial charge in [0.05, 0.1) is 4.90 Å². The van der Waals surface area contributed by atoms with E-state index in [9.17, 15) is 18.0 Å². The van der Waals surface area contributed by atoms with Crippen molar-refractivity contribution in [1.82, 2.24) is 4.31 Å². The number of carbonyl (C=O) groups is 2. The molecule has 1 heterocycles. The monoisotopic (exact) mass is 421 g/mol. The molecule has 0 radical (unpaired) electrons. The summed E-state index contributed by atoms with van der Waals surface area (Å²) in [5.74, 6) is -1.05. The lowest BCUT2D eigenvalue weighted by Gasteiger charge is -2.22. The molecule has 2 aromatic rings. The van der Waals surface area contributed by atoms with Gasteiger partial charge >= 0.3 is 5.97 Å². The van der Waals surface area contributed by atoms with Gasteiger partial charge in [-0.1, -0.05) is 41.4 Å². The highest BCUT2D eigenvalue weighted by Crippen LogP contribution is 2.27. The number of rotatable bonds is 6. The predicted octanol–water partition coefficient (Wildman–Crippen LogP) is 3.23. The minimum Gasteiger partial charge on any atom is -0.456 e. The lowest BCUT2D eigenvalue weighted by molar-refractivity contribution is -0.146. The first kappa shape index (κ1) is 20.5. The third-order valence-electron chi connectivity index (χ3n) is 4.62. The van der Waals surface area contributed by atoms with Gasteiger partial charge in [-0.15, -0.1) is 0 Å². The molecule has 0 aromatic heterocycles. The van der Waals surface area contributed by atoms with Gasteiger partial charge in [0.1, 0.15) is 6.04 Å². The van der Waals surface area contributed by atoms with Crippen LogP contribution in [0.2, 0.25) is 5.02 Å². The lowest BCUT2D eigenvalue weighted by atomic mass is 10.1. The van der Waals surface area contributed by atoms with Crippen LogP contribution in [0.4, 0.5) is 0 Å². The van der Waals surface area contributed by atoms with Crippen molar-refractivity contribution in [3.05, 3.63) is 64.7 Å². The van der Waals surface area contributed by atoms with Crippen molar-refractivity contribution >= 4 is 33.4 Å². The SMILES string of the molecule is Cc1ccc(C(=O)COC(=O)[C@H]2CCCN2S(=O)(=O)c2ccc(Cl)cc2)cc1. The Morgan fingerprint density at radius 1 is 1.11 bits per heavy atom. The molecule has 148 valence electrons. The summed E-state index contributed by atoms with van der Waals surface area (Å²) >= 11 is 5.82. The van der Waals surface area contributed by atoms with Crippen LogP contribution < -0.4 is 0 Å². The minimum absolute atomic E-state index is 0.0623. The second-order valence-corrected chi connectivity index (χ2v) is 8.95. The summed E-state index contributed by atoms with van der Waals surface area (Å²) in [7, 11) is -3.86. The van der Waals surface area contributed by atoms with Crippen LogP contribution in [0.15, 0.2) is 53.4 Å². The second-order valence-electron chi connectivity index (χ2n) is 6.62. The third-order valence-corrected chi connectivity index (χ3v) is 6.79. The Hall–Kier alpha value is -2.22. The predicted molar refractivity (Wildman–Crippen MR) is 105 cm³/mol. The Labute approximate surface area is 169 Å². The molecule has 28 heavy (non-hydrogen) atoms. The van der Waals surface area contributed by atoms with Crippen LogP contribution in [-0.2, 0) is 19.6 Å². The van der Waals surface area contributed by atoms with Crippen LogP contribution in [0.25, 0.3) is 0 Å². The summed E-state index contributed by atoms with van der Waals surface area (Å²) in [4.78, 5) is 24.7. The maximum Gasteiger partial charge on any atom is 0.324 e. The standard InChI is InChI=1S/C20H20ClNO5S/c1-14-4-6-15(7-5-14)19(23)13-27-20(24)18-3-2-12-22(18)28(25,26)17-10-8-16(21)9-11-17/h4-11,18H,2-3,12-13H2,1H3/t18-/m1/s1. The fourth-order valence-corrected chi connectivity index (χ4v) is 4.83. The lowest BCUT2D eigenvalue weighted by Crippen LogP contribution is -2.41. The zero-order valence-corrected chi connectivity index (χ0v) is 16.9. The van der Waals surface area contributed by atoms with E-state index in [0.29, 0.717) is 23.4 Å². The molecule has 8 heteroatoms. The van der Waals surface area contributed by atoms with E-state index in [-0.39, 0.29) is 17.2 Å². The van der Waals surface area contributed by atoms with Crippen molar-refractivity contribution in [2.75, 3.05) is 13.2 Å². The van der Waals surface area contributed by atoms with Crippen molar-refractivity contribution in [1.29, 1.82) is 0 Å². The number of Topliss-reactive ketones (excluding diaryl/α,β-unsaturated/α-hetero) is 1. The van der Waals surface area contributed by atoms with Gasteiger partial charge in [0.15, 0.2) is 12.4 Å². The number of nitrogens with zero attached hydrogens (tertiary/aromatic N) is 1. The van der Waals surface area contributed by atoms with Crippen LogP contribution >= 0.6 is 11.6 Å². The maximum absolute atomic E-state index is 12.9. The first-order valence-corrected chi connectivity index (χ1v) is 10.6. The Morgan fingerprint density at radius 3 is 2.39 bits per heavy atom. The molecule has 1 fully saturated rings. The molecular formula is C20H20ClNO5S. The number of hydrogen-bond acceptors (Lipinski definition) is 5. The first-order chi connectivity index (χ1) is 13.3. The van der Waals surface area contributed by atoms with E-state index >= 15 is 0 Å². The molecule has 0 aliphatic carbocycles. The summed E-state index contributed by atoms with van der Waals surface area (Å²) in [6.45, 7) is 1.70. The van der Waals surface area contributed by atoms with Gasteiger partial charge in [0, 0.05) is 17.1 Å². The van der Waals surface area contributed by atoms with E-state index in [1.165, 1.54) is 24.3 Å². The molecule has 1 aliphatic heterocycles. The smallest absolute Gasteiger partial charge is 0.324 e. The van der Waals surface area contributed by atoms with E-state index in [1.807, 2.05) is 6.92 Å². The molecule has 3 rings (SSSR count). The molecule has 0 amide bonds. The topological polar surface area (TPSA) is 80.8 Å². The van der Waals surface area contributed by atoms with Crippen LogP contribution in [0.3, 0.4) is 0 Å². The molecule has 0 saturated carbocycles. The zero-order valence-electron chi connectivity index (χ0n) is 15.3. The fourth-order valence-electron chi connectivity index (χ4n) is 3.06. The number of carbonyl (C=O) groups excluding carboxylic acids is 2. The van der Waals surface area contributed by atoms with Gasteiger partial charge < -0.3 is 4.74 Å². The van der Waals surface area contributed by atoms with E-state index in [0.717, 1.165) is 9.87 Å². The van der Waals surface area contributed by atoms with Crippen LogP contribution in [-0.4, -0.2) is 43.7 Å². The van der Waals surface area contributed by atoms with E-state index in [1.54, 1.807) is 24.3 Å². The normalized spacial score (nSPS) is 17.4. The largest absolute Gasteiger partial charge is 0.456 e. The van der Waals surface area contributed by atoms with E-state index < -0.39 is 28.6 Å². The average molecular weight is 422 g/mol. The van der Waals surface area contributed by atoms with E-state index in [4.69, 9.17) is 16.3 Å². The highest BCUT2D eigenvalue weighted by molar-refractivity contribution is 7.89. The van der Waals surface area contributed by atoms with Gasteiger partial charge in [-0.25, -0.2) is 8.42 Å². The molecule has 0 N–H and O–H groups in total. The second kappa shape index (κ2) is 8.43. The first-order valence-electron chi connectivity index (χ1n) is 8.83. The van der Waals surface area contributed by atoms with E-state index in [2.05, 4.69) is 0 Å². The molecule has 2 aromatic carbocycles. The van der Waals surface area contributed by atoms with Gasteiger partial charge in [-0.3, -0.25) is 9.59 Å². The van der Waals surface area contributed by atoms with Crippen LogP contribution in [0.1, 0.15) is 28.8 Å². The molecule has 0 bridgehead atoms. The van der Waals surface area contributed by atoms with Crippen LogP contribution in [0.5, 0.6) is 0 Å². The van der Waals surface area contributed by atoms with Crippen molar-refractivity contribution in [2.24, 2.45) is 0 Å². The summed E-state index contributed by atoms with van der Waals surface area (Å²) in [6, 6.07) is 11.8. The summed E-state index contributed by atoms with van der Waals surface area (Å²) in [6.07, 6.45) is 0.892. The molecule has 1 atom stereocenters. The summed E-state index contributed by atoms with van der Waals surface area (Å²) < 4.78 is 32.0. The van der Waals surface area contributed by atoms with Gasteiger partial charge in [0.2, 0.25) is 10.0 Å². The molecule has 1 aliphatic rings. The molecule has 0 spiro atoms. The highest BCUT2D eigenvalue weighted by atomic mass is 35.5. The quantitative estimate of drug-likeness (QED) is 0.528. The molecule has 0 unspecified atom stereocenters. The molecule has 6 nitrogen and oxygen atoms in total. The summed E-state index contributed by atoms with van der Waals surface area (Å²) in [5.41, 5.74) is 1.46. The number of benzene rings is 2. The Morgan fingerprint density at radius 2 is 1.75 bits per heavy atom. The molecular weight excluding hydrogens is 402 g/mol. The van der Waals surface area contributed by atoms with Crippen molar-refractivity contribution in [3.8, 4) is 0 Å². The van der Waals surface area contributed by atoms with Crippen molar-refractivity contribution in [3.63, 3.8) is 0 Å². The third kappa shape index (κ3) is 4.43. The maximum atomic E-state index is 12.9. The number of ketones is 1. The highest BCUT2D eigenvalue weighted by Gasteiger charge is 2.40. The Kier molecular flexibility index (Phi) is 6.17. The molecule has 1 saturated heterocycles. The minimum atomic E-state index is -3.86.